The Morgan fingerprint density at radius 1 is 1.03 bits per heavy atom. The summed E-state index contributed by atoms with van der Waals surface area (Å²) in [6.07, 6.45) is 0.793. The predicted molar refractivity (Wildman–Crippen MR) is 125 cm³/mol. The highest BCUT2D eigenvalue weighted by atomic mass is 16.5. The molecule has 31 heavy (non-hydrogen) atoms. The molecule has 1 amide bonds. The fourth-order valence-electron chi connectivity index (χ4n) is 4.00. The Bertz CT molecular complexity index is 1000. The summed E-state index contributed by atoms with van der Waals surface area (Å²) in [5.74, 6) is 0.818. The van der Waals surface area contributed by atoms with Gasteiger partial charge < -0.3 is 15.0 Å². The van der Waals surface area contributed by atoms with Crippen molar-refractivity contribution in [1.82, 2.24) is 15.2 Å². The van der Waals surface area contributed by atoms with E-state index in [0.717, 1.165) is 55.9 Å². The van der Waals surface area contributed by atoms with E-state index in [9.17, 15) is 4.79 Å². The molecular weight excluding hydrogens is 388 g/mol. The lowest BCUT2D eigenvalue weighted by Crippen LogP contribution is -2.46. The van der Waals surface area contributed by atoms with Crippen molar-refractivity contribution in [2.75, 3.05) is 51.3 Å². The number of benzene rings is 2. The molecule has 0 radical (unpaired) electrons. The summed E-state index contributed by atoms with van der Waals surface area (Å²) in [4.78, 5) is 22.5. The molecule has 1 aliphatic heterocycles. The van der Waals surface area contributed by atoms with Crippen molar-refractivity contribution < 1.29 is 9.53 Å². The Hall–Kier alpha value is -2.96. The van der Waals surface area contributed by atoms with Crippen LogP contribution in [0.25, 0.3) is 10.9 Å². The van der Waals surface area contributed by atoms with Gasteiger partial charge in [-0.05, 0) is 24.1 Å². The van der Waals surface area contributed by atoms with Crippen molar-refractivity contribution in [3.8, 4) is 0 Å². The van der Waals surface area contributed by atoms with E-state index in [4.69, 9.17) is 9.72 Å². The van der Waals surface area contributed by atoms with Crippen LogP contribution >= 0.6 is 0 Å². The molecule has 0 unspecified atom stereocenters. The molecule has 2 aromatic carbocycles. The molecule has 0 aliphatic carbocycles. The first-order chi connectivity index (χ1) is 15.2. The van der Waals surface area contributed by atoms with E-state index >= 15 is 0 Å². The average Bonchev–Trinajstić information content (AvgIpc) is 2.82. The molecule has 6 heteroatoms. The molecule has 1 aliphatic rings. The Balaban J connectivity index is 1.47. The van der Waals surface area contributed by atoms with Gasteiger partial charge in [-0.3, -0.25) is 9.69 Å². The molecule has 0 saturated carbocycles. The van der Waals surface area contributed by atoms with Crippen LogP contribution in [0.4, 0.5) is 5.82 Å². The summed E-state index contributed by atoms with van der Waals surface area (Å²) in [6.45, 7) is 5.94. The Kier molecular flexibility index (Phi) is 7.12. The summed E-state index contributed by atoms with van der Waals surface area (Å²) in [6, 6.07) is 20.4. The molecule has 6 nitrogen and oxygen atoms in total. The number of pyridine rings is 1. The van der Waals surface area contributed by atoms with E-state index < -0.39 is 0 Å². The van der Waals surface area contributed by atoms with Crippen molar-refractivity contribution >= 4 is 22.6 Å². The van der Waals surface area contributed by atoms with E-state index in [1.54, 1.807) is 7.11 Å². The van der Waals surface area contributed by atoms with Gasteiger partial charge in [0.2, 0.25) is 0 Å². The summed E-state index contributed by atoms with van der Waals surface area (Å²) in [5, 5.41) is 3.90. The third-order valence-corrected chi connectivity index (χ3v) is 5.70. The molecule has 1 saturated heterocycles. The maximum Gasteiger partial charge on any atom is 0.252 e. The third kappa shape index (κ3) is 5.40. The van der Waals surface area contributed by atoms with Crippen molar-refractivity contribution in [1.29, 1.82) is 0 Å². The van der Waals surface area contributed by atoms with Crippen molar-refractivity contribution in [3.05, 3.63) is 71.8 Å². The van der Waals surface area contributed by atoms with Gasteiger partial charge >= 0.3 is 0 Å². The number of nitrogens with one attached hydrogen (secondary N) is 1. The highest BCUT2D eigenvalue weighted by molar-refractivity contribution is 6.07. The first-order valence-corrected chi connectivity index (χ1v) is 10.9. The standard InChI is InChI=1S/C25H30N4O2/c1-31-17-7-12-26-25(30)22-18-24(27-23-11-6-5-10-21(22)23)29-15-13-28(14-16-29)19-20-8-3-2-4-9-20/h2-6,8-11,18H,7,12-17,19H2,1H3,(H,26,30). The van der Waals surface area contributed by atoms with Gasteiger partial charge in [0, 0.05) is 58.4 Å². The number of nitrogens with zero attached hydrogens (tertiary/aromatic N) is 3. The molecule has 1 fully saturated rings. The lowest BCUT2D eigenvalue weighted by atomic mass is 10.1. The monoisotopic (exact) mass is 418 g/mol. The third-order valence-electron chi connectivity index (χ3n) is 5.70. The van der Waals surface area contributed by atoms with Gasteiger partial charge in [-0.15, -0.1) is 0 Å². The van der Waals surface area contributed by atoms with Crippen LogP contribution in [0.3, 0.4) is 0 Å². The van der Waals surface area contributed by atoms with Crippen molar-refractivity contribution in [3.63, 3.8) is 0 Å². The highest BCUT2D eigenvalue weighted by Gasteiger charge is 2.21. The molecule has 162 valence electrons. The molecule has 3 aromatic rings. The largest absolute Gasteiger partial charge is 0.385 e. The summed E-state index contributed by atoms with van der Waals surface area (Å²) in [5.41, 5.74) is 2.88. The topological polar surface area (TPSA) is 57.7 Å². The number of para-hydroxylation sites is 1. The zero-order valence-corrected chi connectivity index (χ0v) is 18.1. The van der Waals surface area contributed by atoms with E-state index in [-0.39, 0.29) is 5.91 Å². The summed E-state index contributed by atoms with van der Waals surface area (Å²) in [7, 11) is 1.67. The van der Waals surface area contributed by atoms with E-state index in [1.165, 1.54) is 5.56 Å². The average molecular weight is 419 g/mol. The van der Waals surface area contributed by atoms with Gasteiger partial charge in [0.05, 0.1) is 11.1 Å². The molecule has 2 heterocycles. The number of anilines is 1. The van der Waals surface area contributed by atoms with Crippen LogP contribution in [0.5, 0.6) is 0 Å². The van der Waals surface area contributed by atoms with Gasteiger partial charge in [0.15, 0.2) is 0 Å². The predicted octanol–water partition coefficient (Wildman–Crippen LogP) is 3.32. The van der Waals surface area contributed by atoms with Gasteiger partial charge in [-0.25, -0.2) is 4.98 Å². The van der Waals surface area contributed by atoms with Gasteiger partial charge in [-0.2, -0.15) is 0 Å². The second kappa shape index (κ2) is 10.4. The fourth-order valence-corrected chi connectivity index (χ4v) is 4.00. The molecule has 4 rings (SSSR count). The number of carbonyl (C=O) groups is 1. The molecule has 1 aromatic heterocycles. The number of fused-ring (bicyclic) bond motifs is 1. The molecule has 0 spiro atoms. The van der Waals surface area contributed by atoms with Crippen LogP contribution in [0.15, 0.2) is 60.7 Å². The minimum absolute atomic E-state index is 0.0568. The van der Waals surface area contributed by atoms with Crippen molar-refractivity contribution in [2.24, 2.45) is 0 Å². The first kappa shape index (κ1) is 21.3. The lowest BCUT2D eigenvalue weighted by molar-refractivity contribution is 0.0950. The van der Waals surface area contributed by atoms with Crippen LogP contribution in [0, 0.1) is 0 Å². The smallest absolute Gasteiger partial charge is 0.252 e. The van der Waals surface area contributed by atoms with E-state index in [0.29, 0.717) is 18.7 Å². The number of hydrogen-bond donors (Lipinski definition) is 1. The van der Waals surface area contributed by atoms with E-state index in [2.05, 4.69) is 45.4 Å². The molecule has 0 bridgehead atoms. The van der Waals surface area contributed by atoms with Crippen LogP contribution in [0.1, 0.15) is 22.3 Å². The van der Waals surface area contributed by atoms with Crippen LogP contribution in [-0.2, 0) is 11.3 Å². The van der Waals surface area contributed by atoms with Gasteiger partial charge in [0.1, 0.15) is 5.82 Å². The van der Waals surface area contributed by atoms with E-state index in [1.807, 2.05) is 30.3 Å². The molecule has 1 N–H and O–H groups in total. The highest BCUT2D eigenvalue weighted by Crippen LogP contribution is 2.24. The maximum absolute atomic E-state index is 12.9. The Morgan fingerprint density at radius 2 is 1.77 bits per heavy atom. The van der Waals surface area contributed by atoms with Crippen LogP contribution in [-0.4, -0.2) is 62.2 Å². The number of piperazine rings is 1. The van der Waals surface area contributed by atoms with Gasteiger partial charge in [0.25, 0.3) is 5.91 Å². The Morgan fingerprint density at radius 3 is 2.55 bits per heavy atom. The second-order valence-electron chi connectivity index (χ2n) is 7.90. The minimum atomic E-state index is -0.0568. The number of rotatable bonds is 8. The zero-order chi connectivity index (χ0) is 21.5. The minimum Gasteiger partial charge on any atom is -0.385 e. The number of hydrogen-bond acceptors (Lipinski definition) is 5. The summed E-state index contributed by atoms with van der Waals surface area (Å²) < 4.78 is 5.07. The number of methoxy groups -OCH3 is 1. The Labute approximate surface area is 183 Å². The number of aromatic nitrogens is 1. The second-order valence-corrected chi connectivity index (χ2v) is 7.90. The zero-order valence-electron chi connectivity index (χ0n) is 18.1. The maximum atomic E-state index is 12.9. The normalized spacial score (nSPS) is 14.7. The molecular formula is C25H30N4O2. The van der Waals surface area contributed by atoms with Gasteiger partial charge in [-0.1, -0.05) is 48.5 Å². The SMILES string of the molecule is COCCCNC(=O)c1cc(N2CCN(Cc3ccccc3)CC2)nc2ccccc12. The number of ether oxygens (including phenoxy) is 1. The number of carbonyl (C=O) groups excluding carboxylic acids is 1. The van der Waals surface area contributed by atoms with Crippen LogP contribution in [0.2, 0.25) is 0 Å². The fraction of sp³-hybridized carbons (Fsp3) is 0.360. The van der Waals surface area contributed by atoms with Crippen molar-refractivity contribution in [2.45, 2.75) is 13.0 Å². The quantitative estimate of drug-likeness (QED) is 0.569. The lowest BCUT2D eigenvalue weighted by Gasteiger charge is -2.35. The first-order valence-electron chi connectivity index (χ1n) is 10.9. The van der Waals surface area contributed by atoms with Crippen LogP contribution < -0.4 is 10.2 Å². The molecule has 0 atom stereocenters. The summed E-state index contributed by atoms with van der Waals surface area (Å²) >= 11 is 0. The number of amides is 1.